The van der Waals surface area contributed by atoms with E-state index < -0.39 is 89.7 Å². The summed E-state index contributed by atoms with van der Waals surface area (Å²) in [5, 5.41) is 22.2. The number of aromatic amines is 2. The molecule has 16 N–H and O–H groups in total. The SMILES string of the molecule is CCCCc1nc2c(N)nc3ccccc3c2n1CCCCNC(=O)CC[C@H](CC(=O)[C@H](Cc1c[nH]c2ccccc12)NC(=O)[C@H](CCC(=O)NCCCCn1c(CCCC)nc2c(N)nc3ccccc3c21)CC(=O)[C@H](Cc1c[nH]c2ccccc12)NC(=O)[C@H](CCC(=O)NCCCCn1c(CCCC)nc2c(N)nc3ccccc3c21)CC(=O)CCCCCNC(=O)CCN1C(=O)C=CC1=O)C(N)=O. The van der Waals surface area contributed by atoms with Gasteiger partial charge >= 0.3 is 0 Å². The molecular formula is C107H132N22O12. The van der Waals surface area contributed by atoms with Crippen molar-refractivity contribution < 1.29 is 57.5 Å². The highest BCUT2D eigenvalue weighted by atomic mass is 16.2. The Kier molecular flexibility index (Phi) is 36.1. The van der Waals surface area contributed by atoms with E-state index in [1.807, 2.05) is 121 Å². The molecule has 1 aliphatic rings. The van der Waals surface area contributed by atoms with Gasteiger partial charge in [-0.2, -0.15) is 0 Å². The van der Waals surface area contributed by atoms with E-state index in [9.17, 15) is 38.4 Å². The molecule has 0 spiro atoms. The maximum atomic E-state index is 16.0. The van der Waals surface area contributed by atoms with Crippen molar-refractivity contribution in [1.29, 1.82) is 0 Å². The smallest absolute Gasteiger partial charge is 0.253 e. The number of nitrogens with one attached hydrogen (secondary N) is 8. The number of imidazole rings is 3. The molecule has 5 atom stereocenters. The average Bonchev–Trinajstić information content (AvgIpc) is 1.62. The monoisotopic (exact) mass is 1920 g/mol. The number of carbonyl (C=O) groups is 12. The van der Waals surface area contributed by atoms with Crippen LogP contribution in [0.2, 0.25) is 0 Å². The summed E-state index contributed by atoms with van der Waals surface area (Å²) in [7, 11) is 0. The lowest BCUT2D eigenvalue weighted by Crippen LogP contribution is -2.49. The summed E-state index contributed by atoms with van der Waals surface area (Å²) in [6.07, 6.45) is 15.9. The van der Waals surface area contributed by atoms with Crippen molar-refractivity contribution in [2.75, 3.05) is 49.9 Å². The lowest BCUT2D eigenvalue weighted by molar-refractivity contribution is -0.137. The number of amides is 9. The minimum atomic E-state index is -1.40. The van der Waals surface area contributed by atoms with E-state index in [4.69, 9.17) is 37.9 Å². The summed E-state index contributed by atoms with van der Waals surface area (Å²) in [6.45, 7) is 9.15. The molecule has 0 saturated carbocycles. The van der Waals surface area contributed by atoms with Crippen molar-refractivity contribution in [3.05, 3.63) is 174 Å². The Hall–Kier alpha value is -14.6. The fourth-order valence-electron chi connectivity index (χ4n) is 19.1. The molecule has 9 amide bonds. The maximum absolute atomic E-state index is 16.0. The number of primary amides is 1. The quantitative estimate of drug-likeness (QED) is 0.0124. The molecule has 0 aliphatic carbocycles. The molecule has 8 aromatic heterocycles. The van der Waals surface area contributed by atoms with Gasteiger partial charge in [0.2, 0.25) is 41.4 Å². The summed E-state index contributed by atoms with van der Waals surface area (Å²) in [4.78, 5) is 207. The second-order valence-corrected chi connectivity index (χ2v) is 37.2. The second-order valence-electron chi connectivity index (χ2n) is 37.2. The number of aromatic nitrogens is 11. The van der Waals surface area contributed by atoms with E-state index in [0.717, 1.165) is 163 Å². The average molecular weight is 1920 g/mol. The molecule has 14 rings (SSSR count). The van der Waals surface area contributed by atoms with Crippen LogP contribution in [0.5, 0.6) is 0 Å². The maximum Gasteiger partial charge on any atom is 0.253 e. The van der Waals surface area contributed by atoms with Crippen LogP contribution in [0.15, 0.2) is 146 Å². The van der Waals surface area contributed by atoms with E-state index >= 15 is 19.2 Å². The molecule has 5 aromatic carbocycles. The van der Waals surface area contributed by atoms with Gasteiger partial charge < -0.3 is 78.5 Å². The number of aryl methyl sites for hydroxylation is 6. The van der Waals surface area contributed by atoms with Gasteiger partial charge in [0.15, 0.2) is 29.0 Å². The van der Waals surface area contributed by atoms with Gasteiger partial charge in [0.25, 0.3) is 11.8 Å². The first-order chi connectivity index (χ1) is 68.4. The Morgan fingerprint density at radius 2 is 0.709 bits per heavy atom. The number of para-hydroxylation sites is 5. The number of nitrogen functional groups attached to an aromatic ring is 3. The van der Waals surface area contributed by atoms with Crippen LogP contribution in [0, 0.1) is 17.8 Å². The van der Waals surface area contributed by atoms with E-state index in [-0.39, 0.29) is 120 Å². The van der Waals surface area contributed by atoms with Gasteiger partial charge in [0, 0.05) is 216 Å². The zero-order valence-corrected chi connectivity index (χ0v) is 81.0. The zero-order valence-electron chi connectivity index (χ0n) is 81.0. The number of rotatable bonds is 59. The number of benzene rings is 5. The summed E-state index contributed by atoms with van der Waals surface area (Å²) in [5.41, 5.74) is 35.3. The highest BCUT2D eigenvalue weighted by molar-refractivity contribution is 6.13. The Balaban J connectivity index is 0.691. The number of ketones is 3. The molecule has 0 radical (unpaired) electrons. The second kappa shape index (κ2) is 49.8. The van der Waals surface area contributed by atoms with Crippen molar-refractivity contribution in [2.24, 2.45) is 23.5 Å². The number of pyridine rings is 3. The van der Waals surface area contributed by atoms with Crippen molar-refractivity contribution >= 4 is 176 Å². The number of Topliss-reactive ketones (excluding diaryl/α,β-unsaturated/α-hetero) is 3. The van der Waals surface area contributed by atoms with E-state index in [1.54, 1.807) is 12.4 Å². The van der Waals surface area contributed by atoms with Crippen molar-refractivity contribution in [1.82, 2.24) is 90.4 Å². The van der Waals surface area contributed by atoms with Crippen LogP contribution in [-0.4, -0.2) is 174 Å². The number of nitrogens with two attached hydrogens (primary N) is 4. The van der Waals surface area contributed by atoms with Crippen LogP contribution in [0.4, 0.5) is 17.5 Å². The van der Waals surface area contributed by atoms with Crippen LogP contribution in [-0.2, 0) is 109 Å². The lowest BCUT2D eigenvalue weighted by atomic mass is 9.88. The van der Waals surface area contributed by atoms with Crippen LogP contribution < -0.4 is 54.8 Å². The number of carbonyl (C=O) groups excluding carboxylic acids is 12. The van der Waals surface area contributed by atoms with Crippen LogP contribution in [0.25, 0.3) is 87.6 Å². The molecule has 0 saturated heterocycles. The predicted molar refractivity (Wildman–Crippen MR) is 547 cm³/mol. The summed E-state index contributed by atoms with van der Waals surface area (Å²) in [6, 6.07) is 35.5. The number of anilines is 3. The molecule has 742 valence electrons. The third-order valence-corrected chi connectivity index (χ3v) is 26.9. The first-order valence-corrected chi connectivity index (χ1v) is 50.2. The van der Waals surface area contributed by atoms with Gasteiger partial charge in [-0.3, -0.25) is 62.4 Å². The number of unbranched alkanes of at least 4 members (excludes halogenated alkanes) is 8. The third kappa shape index (κ3) is 26.5. The highest BCUT2D eigenvalue weighted by Gasteiger charge is 2.36. The number of fused-ring (bicyclic) bond motifs is 11. The van der Waals surface area contributed by atoms with Gasteiger partial charge in [-0.15, -0.1) is 0 Å². The topological polar surface area (TPSA) is 508 Å². The fourth-order valence-corrected chi connectivity index (χ4v) is 19.1. The van der Waals surface area contributed by atoms with Crippen LogP contribution in [0.1, 0.15) is 216 Å². The van der Waals surface area contributed by atoms with Gasteiger partial charge in [0.05, 0.1) is 45.2 Å². The van der Waals surface area contributed by atoms with Crippen molar-refractivity contribution in [3.8, 4) is 0 Å². The van der Waals surface area contributed by atoms with Crippen molar-refractivity contribution in [2.45, 2.75) is 252 Å². The Bertz CT molecular complexity index is 6720. The molecule has 0 bridgehead atoms. The largest absolute Gasteiger partial charge is 0.382 e. The van der Waals surface area contributed by atoms with Gasteiger partial charge in [-0.1, -0.05) is 137 Å². The number of nitrogens with zero attached hydrogens (tertiary/aromatic N) is 10. The molecular weight excluding hydrogens is 1790 g/mol. The molecule has 141 heavy (non-hydrogen) atoms. The molecule has 13 aromatic rings. The zero-order chi connectivity index (χ0) is 99.4. The number of hydrogen-bond acceptors (Lipinski definition) is 21. The standard InChI is InChI=1S/C107H132N22O12/c1-4-7-40-87-123-96-99(75-32-14-19-37-80(75)118-102(96)108)126(87)56-26-23-53-112-90(133)46-43-67(105(111)139)63-85(131)83(61-70-65-116-78-35-17-12-30-73(70)78)122-107(141)69(45-48-92(135)114-55-25-28-58-128-89(42-9-6-3)125-98-101(128)77-34-16-21-39-82(77)120-104(98)110)64-86(132)84(62-71-66-117-79-36-18-13-31-74(71)79)121-106(140)68(60-72(130)29-11-10-22-52-115-93(136)51-59-129-94(137)49-50-95(129)138)44-47-91(134)113-54-24-27-57-127-88(41-8-5-2)124-97-100(127)76-33-15-20-38-81(76)119-103(97)109/h12-21,30-39,49-50,65-69,83-84,116-117H,4-11,22-29,40-48,51-64H2,1-3H3,(H2,108,118)(H2,109,119)(H2,110,120)(H2,111,139)(H,112,133)(H,113,134)(H,114,135)(H,115,136)(H,121,140)(H,122,141)/t67-,68-,69-,83+,84+/m1/s1. The van der Waals surface area contributed by atoms with E-state index in [2.05, 4.69) is 91.3 Å². The Morgan fingerprint density at radius 3 is 1.09 bits per heavy atom. The minimum Gasteiger partial charge on any atom is -0.382 e. The Labute approximate surface area is 818 Å². The van der Waals surface area contributed by atoms with Crippen LogP contribution >= 0.6 is 0 Å². The van der Waals surface area contributed by atoms with Gasteiger partial charge in [0.1, 0.15) is 39.8 Å². The molecule has 0 fully saturated rings. The summed E-state index contributed by atoms with van der Waals surface area (Å²) in [5.74, 6) is -6.28. The normalized spacial score (nSPS) is 13.3. The molecule has 9 heterocycles. The minimum absolute atomic E-state index is 0.0319. The number of imide groups is 1. The first-order valence-electron chi connectivity index (χ1n) is 50.2. The lowest BCUT2D eigenvalue weighted by Gasteiger charge is -2.26. The van der Waals surface area contributed by atoms with Crippen molar-refractivity contribution in [3.63, 3.8) is 0 Å². The molecule has 1 aliphatic heterocycles. The van der Waals surface area contributed by atoms with Crippen LogP contribution in [0.3, 0.4) is 0 Å². The summed E-state index contributed by atoms with van der Waals surface area (Å²) >= 11 is 0. The number of hydrogen-bond donors (Lipinski definition) is 12. The number of H-pyrrole nitrogens is 2. The fraction of sp³-hybridized carbons (Fsp3) is 0.439. The molecule has 0 unspecified atom stereocenters. The van der Waals surface area contributed by atoms with E-state index in [1.165, 1.54) is 0 Å². The highest BCUT2D eigenvalue weighted by Crippen LogP contribution is 2.35. The first kappa shape index (κ1) is 102. The van der Waals surface area contributed by atoms with Gasteiger partial charge in [-0.05, 0) is 131 Å². The third-order valence-electron chi connectivity index (χ3n) is 26.9. The summed E-state index contributed by atoms with van der Waals surface area (Å²) < 4.78 is 6.61. The van der Waals surface area contributed by atoms with E-state index in [0.29, 0.717) is 129 Å². The molecule has 34 heteroatoms. The van der Waals surface area contributed by atoms with Gasteiger partial charge in [-0.25, -0.2) is 29.9 Å². The predicted octanol–water partition coefficient (Wildman–Crippen LogP) is 13.2. The molecule has 34 nitrogen and oxygen atoms in total. The Morgan fingerprint density at radius 1 is 0.369 bits per heavy atom.